The van der Waals surface area contributed by atoms with Crippen molar-refractivity contribution in [3.05, 3.63) is 59.8 Å². The molecule has 0 aliphatic rings. The first kappa shape index (κ1) is 17.8. The Labute approximate surface area is 144 Å². The van der Waals surface area contributed by atoms with E-state index < -0.39 is 0 Å². The summed E-state index contributed by atoms with van der Waals surface area (Å²) in [6.07, 6.45) is 2.82. The Morgan fingerprint density at radius 1 is 1.21 bits per heavy atom. The Bertz CT molecular complexity index is 643. The molecule has 1 atom stereocenters. The minimum Gasteiger partial charge on any atom is -0.473 e. The monoisotopic (exact) mass is 326 g/mol. The van der Waals surface area contributed by atoms with Crippen molar-refractivity contribution in [2.45, 2.75) is 39.5 Å². The predicted octanol–water partition coefficient (Wildman–Crippen LogP) is 3.12. The topological polar surface area (TPSA) is 58.5 Å². The zero-order valence-corrected chi connectivity index (χ0v) is 14.6. The van der Waals surface area contributed by atoms with Gasteiger partial charge in [-0.15, -0.1) is 0 Å². The van der Waals surface area contributed by atoms with E-state index in [1.807, 2.05) is 42.5 Å². The normalized spacial score (nSPS) is 12.5. The second kappa shape index (κ2) is 9.55. The van der Waals surface area contributed by atoms with Gasteiger partial charge in [-0.2, -0.15) is 0 Å². The van der Waals surface area contributed by atoms with E-state index in [1.54, 1.807) is 13.2 Å². The van der Waals surface area contributed by atoms with Gasteiger partial charge in [0.1, 0.15) is 6.61 Å². The third-order valence-corrected chi connectivity index (χ3v) is 3.71. The van der Waals surface area contributed by atoms with E-state index in [4.69, 9.17) is 4.74 Å². The van der Waals surface area contributed by atoms with E-state index in [0.717, 1.165) is 23.5 Å². The molecule has 5 nitrogen and oxygen atoms in total. The fraction of sp³-hybridized carbons (Fsp3) is 0.368. The van der Waals surface area contributed by atoms with Crippen LogP contribution in [0.2, 0.25) is 0 Å². The number of benzene rings is 1. The Morgan fingerprint density at radius 2 is 2.00 bits per heavy atom. The van der Waals surface area contributed by atoms with Crippen LogP contribution in [0.1, 0.15) is 31.4 Å². The van der Waals surface area contributed by atoms with Gasteiger partial charge in [0.15, 0.2) is 5.96 Å². The number of ether oxygens (including phenoxy) is 1. The third kappa shape index (κ3) is 5.91. The van der Waals surface area contributed by atoms with Crippen molar-refractivity contribution in [2.24, 2.45) is 4.99 Å². The minimum atomic E-state index is 0.387. The molecule has 0 spiro atoms. The zero-order chi connectivity index (χ0) is 17.2. The SMILES string of the molecule is CCC(C)NC(=NC)NCc1ccnc(OCc2ccccc2)c1. The maximum Gasteiger partial charge on any atom is 0.213 e. The Morgan fingerprint density at radius 3 is 2.71 bits per heavy atom. The number of hydrogen-bond donors (Lipinski definition) is 2. The lowest BCUT2D eigenvalue weighted by molar-refractivity contribution is 0.293. The molecule has 24 heavy (non-hydrogen) atoms. The van der Waals surface area contributed by atoms with E-state index in [1.165, 1.54) is 0 Å². The second-order valence-corrected chi connectivity index (χ2v) is 5.66. The fourth-order valence-electron chi connectivity index (χ4n) is 2.09. The number of pyridine rings is 1. The van der Waals surface area contributed by atoms with Crippen molar-refractivity contribution in [3.63, 3.8) is 0 Å². The lowest BCUT2D eigenvalue weighted by atomic mass is 10.2. The number of nitrogens with one attached hydrogen (secondary N) is 2. The molecule has 1 aromatic heterocycles. The first-order valence-electron chi connectivity index (χ1n) is 8.30. The van der Waals surface area contributed by atoms with Crippen LogP contribution in [0.15, 0.2) is 53.7 Å². The van der Waals surface area contributed by atoms with Crippen molar-refractivity contribution in [1.29, 1.82) is 0 Å². The molecular formula is C19H26N4O. The molecular weight excluding hydrogens is 300 g/mol. The number of rotatable bonds is 7. The average molecular weight is 326 g/mol. The first-order chi connectivity index (χ1) is 11.7. The van der Waals surface area contributed by atoms with Crippen LogP contribution in [0.3, 0.4) is 0 Å². The molecule has 0 saturated carbocycles. The van der Waals surface area contributed by atoms with Gasteiger partial charge in [0, 0.05) is 31.9 Å². The van der Waals surface area contributed by atoms with Gasteiger partial charge in [-0.1, -0.05) is 37.3 Å². The summed E-state index contributed by atoms with van der Waals surface area (Å²) in [7, 11) is 1.78. The van der Waals surface area contributed by atoms with Crippen LogP contribution in [-0.4, -0.2) is 24.0 Å². The first-order valence-corrected chi connectivity index (χ1v) is 8.30. The van der Waals surface area contributed by atoms with Gasteiger partial charge in [-0.25, -0.2) is 4.98 Å². The average Bonchev–Trinajstić information content (AvgIpc) is 2.64. The highest BCUT2D eigenvalue weighted by Gasteiger charge is 2.04. The van der Waals surface area contributed by atoms with Crippen LogP contribution in [0.5, 0.6) is 5.88 Å². The second-order valence-electron chi connectivity index (χ2n) is 5.66. The number of aliphatic imine (C=N–C) groups is 1. The van der Waals surface area contributed by atoms with E-state index in [0.29, 0.717) is 25.1 Å². The molecule has 0 aliphatic carbocycles. The summed E-state index contributed by atoms with van der Waals surface area (Å²) in [6.45, 7) is 5.46. The smallest absolute Gasteiger partial charge is 0.213 e. The summed E-state index contributed by atoms with van der Waals surface area (Å²) in [4.78, 5) is 8.50. The maximum atomic E-state index is 5.76. The number of guanidine groups is 1. The summed E-state index contributed by atoms with van der Waals surface area (Å²) in [6, 6.07) is 14.4. The summed E-state index contributed by atoms with van der Waals surface area (Å²) < 4.78 is 5.76. The van der Waals surface area contributed by atoms with E-state index >= 15 is 0 Å². The van der Waals surface area contributed by atoms with Crippen LogP contribution < -0.4 is 15.4 Å². The molecule has 0 amide bonds. The molecule has 0 saturated heterocycles. The van der Waals surface area contributed by atoms with Crippen LogP contribution in [0.4, 0.5) is 0 Å². The summed E-state index contributed by atoms with van der Waals surface area (Å²) in [5.74, 6) is 1.43. The lowest BCUT2D eigenvalue weighted by Crippen LogP contribution is -2.41. The van der Waals surface area contributed by atoms with Crippen molar-refractivity contribution in [3.8, 4) is 5.88 Å². The number of hydrogen-bond acceptors (Lipinski definition) is 3. The van der Waals surface area contributed by atoms with Crippen molar-refractivity contribution in [2.75, 3.05) is 7.05 Å². The van der Waals surface area contributed by atoms with E-state index in [2.05, 4.69) is 34.5 Å². The molecule has 0 aliphatic heterocycles. The van der Waals surface area contributed by atoms with Crippen LogP contribution in [0.25, 0.3) is 0 Å². The molecule has 2 aromatic rings. The highest BCUT2D eigenvalue weighted by atomic mass is 16.5. The number of nitrogens with zero attached hydrogens (tertiary/aromatic N) is 2. The molecule has 1 heterocycles. The van der Waals surface area contributed by atoms with Crippen molar-refractivity contribution >= 4 is 5.96 Å². The Hall–Kier alpha value is -2.56. The summed E-state index contributed by atoms with van der Waals surface area (Å²) in [5.41, 5.74) is 2.22. The van der Waals surface area contributed by atoms with Gasteiger partial charge in [0.2, 0.25) is 5.88 Å². The van der Waals surface area contributed by atoms with E-state index in [-0.39, 0.29) is 0 Å². The van der Waals surface area contributed by atoms with Gasteiger partial charge >= 0.3 is 0 Å². The molecule has 5 heteroatoms. The lowest BCUT2D eigenvalue weighted by Gasteiger charge is -2.16. The van der Waals surface area contributed by atoms with Crippen molar-refractivity contribution in [1.82, 2.24) is 15.6 Å². The zero-order valence-electron chi connectivity index (χ0n) is 14.6. The maximum absolute atomic E-state index is 5.76. The number of aromatic nitrogens is 1. The van der Waals surface area contributed by atoms with Crippen LogP contribution in [0, 0.1) is 0 Å². The third-order valence-electron chi connectivity index (χ3n) is 3.71. The molecule has 128 valence electrons. The highest BCUT2D eigenvalue weighted by molar-refractivity contribution is 5.79. The molecule has 2 N–H and O–H groups in total. The van der Waals surface area contributed by atoms with Gasteiger partial charge in [0.25, 0.3) is 0 Å². The molecule has 0 fully saturated rings. The summed E-state index contributed by atoms with van der Waals surface area (Å²) >= 11 is 0. The van der Waals surface area contributed by atoms with Gasteiger partial charge in [0.05, 0.1) is 0 Å². The van der Waals surface area contributed by atoms with Gasteiger partial charge in [-0.05, 0) is 30.5 Å². The fourth-order valence-corrected chi connectivity index (χ4v) is 2.09. The molecule has 1 aromatic carbocycles. The van der Waals surface area contributed by atoms with Crippen LogP contribution >= 0.6 is 0 Å². The molecule has 2 rings (SSSR count). The van der Waals surface area contributed by atoms with Crippen LogP contribution in [-0.2, 0) is 13.2 Å². The van der Waals surface area contributed by atoms with E-state index in [9.17, 15) is 0 Å². The Balaban J connectivity index is 1.88. The molecule has 0 radical (unpaired) electrons. The standard InChI is InChI=1S/C19H26N4O/c1-4-15(2)23-19(20-3)22-13-17-10-11-21-18(12-17)24-14-16-8-6-5-7-9-16/h5-12,15H,4,13-14H2,1-3H3,(H2,20,22,23). The summed E-state index contributed by atoms with van der Waals surface area (Å²) in [5, 5.41) is 6.65. The quantitative estimate of drug-likeness (QED) is 0.606. The van der Waals surface area contributed by atoms with Gasteiger partial charge < -0.3 is 15.4 Å². The molecule has 0 bridgehead atoms. The Kier molecular flexibility index (Phi) is 7.08. The minimum absolute atomic E-state index is 0.387. The highest BCUT2D eigenvalue weighted by Crippen LogP contribution is 2.11. The predicted molar refractivity (Wildman–Crippen MR) is 98.1 cm³/mol. The van der Waals surface area contributed by atoms with Gasteiger partial charge in [-0.3, -0.25) is 4.99 Å². The molecule has 1 unspecified atom stereocenters. The van der Waals surface area contributed by atoms with Crippen molar-refractivity contribution < 1.29 is 4.74 Å². The largest absolute Gasteiger partial charge is 0.473 e.